The van der Waals surface area contributed by atoms with Gasteiger partial charge in [-0.05, 0) is 105 Å². The molecule has 0 amide bonds. The highest BCUT2D eigenvalue weighted by atomic mass is 79.9. The Morgan fingerprint density at radius 2 is 1.19 bits per heavy atom. The van der Waals surface area contributed by atoms with Gasteiger partial charge >= 0.3 is 17.9 Å². The van der Waals surface area contributed by atoms with Gasteiger partial charge in [0.1, 0.15) is 17.8 Å². The van der Waals surface area contributed by atoms with Crippen LogP contribution in [0.5, 0.6) is 0 Å². The van der Waals surface area contributed by atoms with E-state index < -0.39 is 75.6 Å². The van der Waals surface area contributed by atoms with Gasteiger partial charge in [-0.3, -0.25) is 4.79 Å². The van der Waals surface area contributed by atoms with Gasteiger partial charge < -0.3 is 24.1 Å². The van der Waals surface area contributed by atoms with Gasteiger partial charge in [0.05, 0.1) is 27.7 Å². The summed E-state index contributed by atoms with van der Waals surface area (Å²) < 4.78 is 28.2. The summed E-state index contributed by atoms with van der Waals surface area (Å²) in [6.45, 7) is 12.7. The van der Waals surface area contributed by atoms with Gasteiger partial charge in [0.2, 0.25) is 0 Å². The lowest BCUT2D eigenvalue weighted by Gasteiger charge is -2.71. The third kappa shape index (κ3) is 6.66. The van der Waals surface area contributed by atoms with Gasteiger partial charge in [-0.2, -0.15) is 0 Å². The van der Waals surface area contributed by atoms with Gasteiger partial charge in [-0.15, -0.1) is 6.58 Å². The molecule has 9 nitrogen and oxygen atoms in total. The fourth-order valence-electron chi connectivity index (χ4n) is 9.05. The molecule has 1 aliphatic heterocycles. The van der Waals surface area contributed by atoms with E-state index in [4.69, 9.17) is 18.9 Å². The van der Waals surface area contributed by atoms with E-state index in [0.29, 0.717) is 6.42 Å². The van der Waals surface area contributed by atoms with E-state index in [1.54, 1.807) is 86.6 Å². The van der Waals surface area contributed by atoms with Crippen LogP contribution in [-0.2, 0) is 23.7 Å². The summed E-state index contributed by atoms with van der Waals surface area (Å²) in [5, 5.41) is 13.5. The van der Waals surface area contributed by atoms with Crippen molar-refractivity contribution in [3.8, 4) is 0 Å². The number of carbonyl (C=O) groups is 4. The second-order valence-corrected chi connectivity index (χ2v) is 18.2. The van der Waals surface area contributed by atoms with Crippen LogP contribution in [0, 0.1) is 16.7 Å². The van der Waals surface area contributed by atoms with E-state index >= 15 is 0 Å². The van der Waals surface area contributed by atoms with Crippen LogP contribution in [0.15, 0.2) is 98.9 Å². The lowest BCUT2D eigenvalue weighted by atomic mass is 9.39. The number of ketones is 1. The number of esters is 3. The number of ether oxygens (including phenoxy) is 4. The molecular weight excluding hydrogens is 876 g/mol. The summed E-state index contributed by atoms with van der Waals surface area (Å²) in [7, 11) is 0. The fourth-order valence-corrected chi connectivity index (χ4v) is 9.85. The first-order valence-corrected chi connectivity index (χ1v) is 19.7. The number of rotatable bonds is 7. The lowest BCUT2D eigenvalue weighted by Crippen LogP contribution is -2.87. The van der Waals surface area contributed by atoms with Crippen LogP contribution in [0.2, 0.25) is 0 Å². The molecule has 0 aromatic heterocycles. The molecule has 280 valence electrons. The molecular formula is C41H41Br3O9. The van der Waals surface area contributed by atoms with Gasteiger partial charge in [0.25, 0.3) is 0 Å². The number of carbonyl (C=O) groups excluding carboxylic acids is 4. The minimum atomic E-state index is -2.44. The Morgan fingerprint density at radius 3 is 1.64 bits per heavy atom. The van der Waals surface area contributed by atoms with Crippen molar-refractivity contribution in [2.75, 3.05) is 0 Å². The van der Waals surface area contributed by atoms with E-state index in [-0.39, 0.29) is 29.5 Å². The van der Waals surface area contributed by atoms with Crippen LogP contribution in [-0.4, -0.2) is 63.9 Å². The average Bonchev–Trinajstić information content (AvgIpc) is 3.10. The second-order valence-electron chi connectivity index (χ2n) is 15.4. The van der Waals surface area contributed by atoms with E-state index in [9.17, 15) is 24.3 Å². The topological polar surface area (TPSA) is 125 Å². The smallest absolute Gasteiger partial charge is 0.338 e. The molecule has 53 heavy (non-hydrogen) atoms. The fraction of sp³-hybridized carbons (Fsp3) is 0.415. The predicted molar refractivity (Wildman–Crippen MR) is 207 cm³/mol. The standard InChI is InChI=1S/C41H41Br3O9/c1-7-38(4)22-29(45)41(49)39(5)30(50-34(46)23-8-14-26(42)15-9-23)20-21-37(2,3)32(39)31(51-35(47)24-10-16-27(43)17-11-24)33(40(41,6)53-38)52-36(48)25-12-18-28(44)19-13-25/h7-19,30-33,49H,1,20-22H2,2-6H3/t30-,31-,32-,33-,38-,39-,40+,41-/m0/s1. The summed E-state index contributed by atoms with van der Waals surface area (Å²) in [6, 6.07) is 19.8. The average molecular weight is 917 g/mol. The Hall–Kier alpha value is -3.16. The van der Waals surface area contributed by atoms with Crippen LogP contribution in [0.4, 0.5) is 0 Å². The molecule has 12 heteroatoms. The maximum Gasteiger partial charge on any atom is 0.338 e. The van der Waals surface area contributed by atoms with Crippen molar-refractivity contribution in [1.82, 2.24) is 0 Å². The third-order valence-electron chi connectivity index (χ3n) is 11.6. The molecule has 6 rings (SSSR count). The SMILES string of the molecule is C=C[C@@]1(C)CC(=O)[C@]2(O)[C@@]3(C)[C@@H](OC(=O)c4ccc(Br)cc4)CCC(C)(C)[C@@H]3[C@H](OC(=O)c3ccc(Br)cc3)[C@H](OC(=O)c3ccc(Br)cc3)[C@@]2(C)O1. The minimum absolute atomic E-state index is 0.185. The van der Waals surface area contributed by atoms with E-state index in [0.717, 1.165) is 13.4 Å². The van der Waals surface area contributed by atoms with Crippen molar-refractivity contribution in [3.05, 3.63) is 116 Å². The summed E-state index contributed by atoms with van der Waals surface area (Å²) >= 11 is 10.2. The second kappa shape index (κ2) is 14.2. The number of hydrogen-bond donors (Lipinski definition) is 1. The molecule has 1 N–H and O–H groups in total. The van der Waals surface area contributed by atoms with Crippen LogP contribution in [0.25, 0.3) is 0 Å². The molecule has 8 atom stereocenters. The zero-order valence-electron chi connectivity index (χ0n) is 30.0. The molecule has 2 saturated carbocycles. The number of fused-ring (bicyclic) bond motifs is 3. The summed E-state index contributed by atoms with van der Waals surface area (Å²) in [4.78, 5) is 57.0. The number of aliphatic hydroxyl groups is 1. The molecule has 3 aliphatic rings. The number of benzene rings is 3. The van der Waals surface area contributed by atoms with Crippen molar-refractivity contribution < 1.29 is 43.2 Å². The van der Waals surface area contributed by atoms with E-state index in [1.165, 1.54) is 13.0 Å². The molecule has 0 bridgehead atoms. The molecule has 0 radical (unpaired) electrons. The quantitative estimate of drug-likeness (QED) is 0.141. The van der Waals surface area contributed by atoms with Gasteiger partial charge in [-0.1, -0.05) is 74.6 Å². The number of halogens is 3. The number of hydrogen-bond acceptors (Lipinski definition) is 9. The van der Waals surface area contributed by atoms with Crippen molar-refractivity contribution in [2.45, 2.75) is 89.0 Å². The largest absolute Gasteiger partial charge is 0.458 e. The first kappa shape index (κ1) is 39.5. The van der Waals surface area contributed by atoms with Crippen LogP contribution in [0.1, 0.15) is 85.0 Å². The van der Waals surface area contributed by atoms with Crippen molar-refractivity contribution >= 4 is 71.5 Å². The molecule has 0 unspecified atom stereocenters. The highest BCUT2D eigenvalue weighted by Gasteiger charge is 2.83. The van der Waals surface area contributed by atoms with Crippen molar-refractivity contribution in [3.63, 3.8) is 0 Å². The zero-order chi connectivity index (χ0) is 38.7. The monoisotopic (exact) mass is 914 g/mol. The van der Waals surface area contributed by atoms with E-state index in [1.807, 2.05) is 13.8 Å². The Kier molecular flexibility index (Phi) is 10.6. The molecule has 0 spiro atoms. The molecule has 1 heterocycles. The van der Waals surface area contributed by atoms with E-state index in [2.05, 4.69) is 54.4 Å². The Bertz CT molecular complexity index is 1950. The predicted octanol–water partition coefficient (Wildman–Crippen LogP) is 8.83. The Labute approximate surface area is 334 Å². The van der Waals surface area contributed by atoms with Crippen LogP contribution in [0.3, 0.4) is 0 Å². The van der Waals surface area contributed by atoms with Crippen LogP contribution >= 0.6 is 47.8 Å². The molecule has 3 aromatic rings. The minimum Gasteiger partial charge on any atom is -0.458 e. The van der Waals surface area contributed by atoms with Crippen molar-refractivity contribution in [2.24, 2.45) is 16.7 Å². The first-order valence-electron chi connectivity index (χ1n) is 17.3. The zero-order valence-corrected chi connectivity index (χ0v) is 34.7. The molecule has 2 aliphatic carbocycles. The highest BCUT2D eigenvalue weighted by molar-refractivity contribution is 9.11. The Balaban J connectivity index is 1.57. The van der Waals surface area contributed by atoms with Gasteiger partial charge in [-0.25, -0.2) is 14.4 Å². The van der Waals surface area contributed by atoms with Gasteiger partial charge in [0, 0.05) is 25.8 Å². The summed E-state index contributed by atoms with van der Waals surface area (Å²) in [5.41, 5.74) is -7.58. The third-order valence-corrected chi connectivity index (χ3v) is 13.2. The Morgan fingerprint density at radius 1 is 0.755 bits per heavy atom. The molecule has 3 fully saturated rings. The first-order chi connectivity index (χ1) is 24.8. The highest BCUT2D eigenvalue weighted by Crippen LogP contribution is 2.68. The van der Waals surface area contributed by atoms with Crippen molar-refractivity contribution in [1.29, 1.82) is 0 Å². The van der Waals surface area contributed by atoms with Crippen LogP contribution < -0.4 is 0 Å². The lowest BCUT2D eigenvalue weighted by molar-refractivity contribution is -0.367. The maximum atomic E-state index is 14.9. The number of Topliss-reactive ketones (excluding diaryl/α,β-unsaturated/α-hetero) is 1. The summed E-state index contributed by atoms with van der Waals surface area (Å²) in [5.74, 6) is -3.69. The molecule has 1 saturated heterocycles. The maximum absolute atomic E-state index is 14.9. The normalized spacial score (nSPS) is 33.1. The van der Waals surface area contributed by atoms with Gasteiger partial charge in [0.15, 0.2) is 17.5 Å². The summed E-state index contributed by atoms with van der Waals surface area (Å²) in [6.07, 6.45) is -2.01. The molecule has 3 aromatic carbocycles.